The van der Waals surface area contributed by atoms with Gasteiger partial charge in [0.05, 0.1) is 17.7 Å². The molecule has 1 aliphatic heterocycles. The molecule has 10 heteroatoms. The quantitative estimate of drug-likeness (QED) is 0.547. The van der Waals surface area contributed by atoms with Gasteiger partial charge in [-0.1, -0.05) is 59.4 Å². The third kappa shape index (κ3) is 3.81. The highest BCUT2D eigenvalue weighted by molar-refractivity contribution is 7.95. The van der Waals surface area contributed by atoms with Gasteiger partial charge in [0.2, 0.25) is 9.84 Å². The summed E-state index contributed by atoms with van der Waals surface area (Å²) in [6, 6.07) is 13.5. The molecule has 0 spiro atoms. The van der Waals surface area contributed by atoms with Crippen molar-refractivity contribution in [1.82, 2.24) is 4.98 Å². The Morgan fingerprint density at radius 2 is 1.73 bits per heavy atom. The van der Waals surface area contributed by atoms with Gasteiger partial charge in [0.25, 0.3) is 5.91 Å². The lowest BCUT2D eigenvalue weighted by molar-refractivity contribution is -0.117. The van der Waals surface area contributed by atoms with Gasteiger partial charge in [-0.2, -0.15) is 0 Å². The van der Waals surface area contributed by atoms with Crippen LogP contribution in [-0.4, -0.2) is 37.5 Å². The van der Waals surface area contributed by atoms with Crippen molar-refractivity contribution in [1.29, 1.82) is 0 Å². The summed E-state index contributed by atoms with van der Waals surface area (Å²) in [7, 11) is -3.02. The van der Waals surface area contributed by atoms with Gasteiger partial charge in [0.1, 0.15) is 15.8 Å². The number of aliphatic hydroxyl groups is 1. The van der Waals surface area contributed by atoms with Gasteiger partial charge in [-0.3, -0.25) is 9.69 Å². The summed E-state index contributed by atoms with van der Waals surface area (Å²) in [5.41, 5.74) is 1.66. The van der Waals surface area contributed by atoms with E-state index in [4.69, 9.17) is 4.74 Å². The van der Waals surface area contributed by atoms with Gasteiger partial charge < -0.3 is 9.84 Å². The van der Waals surface area contributed by atoms with E-state index in [1.54, 1.807) is 49.4 Å². The monoisotopic (exact) mass is 484 g/mol. The number of sulfone groups is 1. The summed E-state index contributed by atoms with van der Waals surface area (Å²) in [5.74, 6) is -2.42. The average molecular weight is 485 g/mol. The van der Waals surface area contributed by atoms with E-state index in [0.717, 1.165) is 21.8 Å². The number of esters is 1. The van der Waals surface area contributed by atoms with Crippen LogP contribution in [-0.2, 0) is 19.4 Å². The van der Waals surface area contributed by atoms with Gasteiger partial charge in [-0.05, 0) is 31.5 Å². The molecule has 2 aromatic carbocycles. The second kappa shape index (κ2) is 8.45. The molecule has 33 heavy (non-hydrogen) atoms. The number of thiazole rings is 1. The first-order valence-corrected chi connectivity index (χ1v) is 12.2. The molecule has 1 aromatic heterocycles. The molecule has 0 radical (unpaired) electrons. The summed E-state index contributed by atoms with van der Waals surface area (Å²) in [5, 5.41) is 10.9. The van der Waals surface area contributed by atoms with Crippen molar-refractivity contribution >= 4 is 38.2 Å². The van der Waals surface area contributed by atoms with Crippen LogP contribution in [0.15, 0.2) is 70.2 Å². The van der Waals surface area contributed by atoms with E-state index in [9.17, 15) is 23.1 Å². The number of amides is 1. The molecule has 0 unspecified atom stereocenters. The molecule has 8 nitrogen and oxygen atoms in total. The molecule has 0 fully saturated rings. The number of carbonyl (C=O) groups is 2. The Kier molecular flexibility index (Phi) is 5.81. The minimum Gasteiger partial charge on any atom is -0.502 e. The number of carbonyl (C=O) groups excluding carboxylic acids is 2. The van der Waals surface area contributed by atoms with Gasteiger partial charge in [0, 0.05) is 0 Å². The Hall–Kier alpha value is -3.50. The van der Waals surface area contributed by atoms with Crippen molar-refractivity contribution in [3.05, 3.63) is 87.0 Å². The van der Waals surface area contributed by atoms with Crippen LogP contribution in [0.2, 0.25) is 0 Å². The van der Waals surface area contributed by atoms with Crippen LogP contribution in [0.5, 0.6) is 0 Å². The Labute approximate surface area is 194 Å². The topological polar surface area (TPSA) is 114 Å². The number of aryl methyl sites for hydroxylation is 2. The lowest BCUT2D eigenvalue weighted by Gasteiger charge is -2.24. The van der Waals surface area contributed by atoms with Gasteiger partial charge in [0.15, 0.2) is 10.9 Å². The number of anilines is 1. The fourth-order valence-electron chi connectivity index (χ4n) is 3.60. The number of ether oxygens (including phenoxy) is 1. The third-order valence-corrected chi connectivity index (χ3v) is 8.28. The lowest BCUT2D eigenvalue weighted by Crippen LogP contribution is -2.31. The second-order valence-electron chi connectivity index (χ2n) is 7.42. The van der Waals surface area contributed by atoms with Crippen LogP contribution in [0.25, 0.3) is 0 Å². The molecule has 1 N–H and O–H groups in total. The molecule has 3 aromatic rings. The molecule has 0 saturated heterocycles. The predicted molar refractivity (Wildman–Crippen MR) is 123 cm³/mol. The van der Waals surface area contributed by atoms with Crippen LogP contribution in [0.1, 0.15) is 32.5 Å². The van der Waals surface area contributed by atoms with E-state index in [-0.39, 0.29) is 14.9 Å². The number of nitrogens with zero attached hydrogens (tertiary/aromatic N) is 2. The normalized spacial score (nSPS) is 16.4. The highest BCUT2D eigenvalue weighted by Gasteiger charge is 2.48. The molecule has 0 bridgehead atoms. The molecule has 1 aliphatic rings. The fraction of sp³-hybridized carbons (Fsp3) is 0.174. The zero-order chi connectivity index (χ0) is 23.9. The molecule has 0 aliphatic carbocycles. The molecular formula is C23H20N2O6S2. The zero-order valence-electron chi connectivity index (χ0n) is 18.0. The first-order valence-electron chi connectivity index (χ1n) is 9.86. The van der Waals surface area contributed by atoms with Crippen LogP contribution in [0.4, 0.5) is 5.13 Å². The summed E-state index contributed by atoms with van der Waals surface area (Å²) in [6.45, 7) is 3.41. The highest BCUT2D eigenvalue weighted by atomic mass is 32.2. The standard InChI is InChI=1S/C23H20N2O6S2/c1-13-9-11-16(12-10-13)33(29,30)20-17(15-7-5-4-6-8-15)25(21(27)18(20)26)23-24-14(2)19(32-23)22(28)31-3/h4-12,17,26H,1-3H3/t17-/m0/s1. The van der Waals surface area contributed by atoms with E-state index < -0.39 is 38.4 Å². The molecule has 2 heterocycles. The number of aromatic nitrogens is 1. The van der Waals surface area contributed by atoms with Gasteiger partial charge >= 0.3 is 5.97 Å². The Morgan fingerprint density at radius 3 is 2.33 bits per heavy atom. The van der Waals surface area contributed by atoms with Crippen molar-refractivity contribution in [3.8, 4) is 0 Å². The summed E-state index contributed by atoms with van der Waals surface area (Å²) < 4.78 is 32.0. The SMILES string of the molecule is COC(=O)c1sc(N2C(=O)C(O)=C(S(=O)(=O)c3ccc(C)cc3)[C@@H]2c2ccccc2)nc1C. The summed E-state index contributed by atoms with van der Waals surface area (Å²) in [4.78, 5) is 30.4. The van der Waals surface area contributed by atoms with E-state index in [2.05, 4.69) is 4.98 Å². The van der Waals surface area contributed by atoms with Crippen LogP contribution in [0.3, 0.4) is 0 Å². The van der Waals surface area contributed by atoms with E-state index in [1.165, 1.54) is 19.2 Å². The van der Waals surface area contributed by atoms with E-state index >= 15 is 0 Å². The highest BCUT2D eigenvalue weighted by Crippen LogP contribution is 2.46. The Morgan fingerprint density at radius 1 is 1.09 bits per heavy atom. The number of rotatable bonds is 5. The van der Waals surface area contributed by atoms with Gasteiger partial charge in [-0.25, -0.2) is 18.2 Å². The number of aliphatic hydroxyl groups excluding tert-OH is 1. The maximum Gasteiger partial charge on any atom is 0.350 e. The van der Waals surface area contributed by atoms with E-state index in [0.29, 0.717) is 11.3 Å². The lowest BCUT2D eigenvalue weighted by atomic mass is 10.1. The maximum absolute atomic E-state index is 13.6. The predicted octanol–water partition coefficient (Wildman–Crippen LogP) is 3.88. The average Bonchev–Trinajstić information content (AvgIpc) is 3.31. The number of methoxy groups -OCH3 is 1. The van der Waals surface area contributed by atoms with Crippen molar-refractivity contribution in [3.63, 3.8) is 0 Å². The van der Waals surface area contributed by atoms with Gasteiger partial charge in [-0.15, -0.1) is 0 Å². The van der Waals surface area contributed by atoms with Crippen molar-refractivity contribution < 1.29 is 27.9 Å². The van der Waals surface area contributed by atoms with Crippen molar-refractivity contribution in [2.75, 3.05) is 12.0 Å². The first-order chi connectivity index (χ1) is 15.7. The summed E-state index contributed by atoms with van der Waals surface area (Å²) in [6.07, 6.45) is 0. The Balaban J connectivity index is 1.92. The zero-order valence-corrected chi connectivity index (χ0v) is 19.6. The van der Waals surface area contributed by atoms with E-state index in [1.807, 2.05) is 6.92 Å². The molecule has 170 valence electrons. The molecule has 1 amide bonds. The summed E-state index contributed by atoms with van der Waals surface area (Å²) >= 11 is 0.891. The molecule has 4 rings (SSSR count). The number of hydrogen-bond acceptors (Lipinski definition) is 8. The first kappa shape index (κ1) is 22.7. The smallest absolute Gasteiger partial charge is 0.350 e. The molecule has 1 atom stereocenters. The van der Waals surface area contributed by atoms with Crippen LogP contribution >= 0.6 is 11.3 Å². The largest absolute Gasteiger partial charge is 0.502 e. The second-order valence-corrected chi connectivity index (χ2v) is 10.3. The van der Waals surface area contributed by atoms with Crippen LogP contribution in [0, 0.1) is 13.8 Å². The Bertz CT molecular complexity index is 1380. The van der Waals surface area contributed by atoms with Crippen molar-refractivity contribution in [2.24, 2.45) is 0 Å². The maximum atomic E-state index is 13.6. The molecule has 0 saturated carbocycles. The fourth-order valence-corrected chi connectivity index (χ4v) is 6.24. The molecular weight excluding hydrogens is 464 g/mol. The minimum absolute atomic E-state index is 0.0456. The van der Waals surface area contributed by atoms with Crippen molar-refractivity contribution in [2.45, 2.75) is 24.8 Å². The third-order valence-electron chi connectivity index (χ3n) is 5.26. The number of hydrogen-bond donors (Lipinski definition) is 1. The number of benzene rings is 2. The minimum atomic E-state index is -4.25. The van der Waals surface area contributed by atoms with Crippen LogP contribution < -0.4 is 4.90 Å².